The maximum absolute atomic E-state index is 12.7. The molecule has 0 aliphatic carbocycles. The molecule has 1 N–H and O–H groups in total. The molecule has 0 saturated carbocycles. The SMILES string of the molecule is Cn1nc2c(c1-c1ccccc1)CCN(C(=O)c1cc(C#N)c[nH]1)CC2. The van der Waals surface area contributed by atoms with Crippen LogP contribution in [-0.2, 0) is 19.9 Å². The molecular weight excluding hydrogens is 326 g/mol. The van der Waals surface area contributed by atoms with Crippen molar-refractivity contribution in [3.05, 3.63) is 65.1 Å². The number of H-pyrrole nitrogens is 1. The molecule has 3 heterocycles. The lowest BCUT2D eigenvalue weighted by Crippen LogP contribution is -2.33. The highest BCUT2D eigenvalue weighted by atomic mass is 16.2. The first-order valence-corrected chi connectivity index (χ1v) is 8.65. The summed E-state index contributed by atoms with van der Waals surface area (Å²) in [6, 6.07) is 13.9. The molecule has 0 atom stereocenters. The second kappa shape index (κ2) is 6.52. The van der Waals surface area contributed by atoms with Gasteiger partial charge in [-0.05, 0) is 12.5 Å². The summed E-state index contributed by atoms with van der Waals surface area (Å²) in [4.78, 5) is 17.5. The molecule has 0 spiro atoms. The van der Waals surface area contributed by atoms with Crippen LogP contribution in [0.5, 0.6) is 0 Å². The molecule has 4 rings (SSSR count). The van der Waals surface area contributed by atoms with Gasteiger partial charge in [-0.1, -0.05) is 30.3 Å². The van der Waals surface area contributed by atoms with E-state index >= 15 is 0 Å². The fourth-order valence-electron chi connectivity index (χ4n) is 3.60. The van der Waals surface area contributed by atoms with Gasteiger partial charge < -0.3 is 9.88 Å². The van der Waals surface area contributed by atoms with E-state index in [-0.39, 0.29) is 5.91 Å². The van der Waals surface area contributed by atoms with Gasteiger partial charge in [-0.25, -0.2) is 0 Å². The van der Waals surface area contributed by atoms with Crippen LogP contribution in [0.2, 0.25) is 0 Å². The normalized spacial score (nSPS) is 13.8. The fraction of sp³-hybridized carbons (Fsp3) is 0.250. The number of fused-ring (bicyclic) bond motifs is 1. The number of carbonyl (C=O) groups excluding carboxylic acids is 1. The summed E-state index contributed by atoms with van der Waals surface area (Å²) >= 11 is 0. The van der Waals surface area contributed by atoms with Crippen LogP contribution >= 0.6 is 0 Å². The second-order valence-electron chi connectivity index (χ2n) is 6.47. The zero-order chi connectivity index (χ0) is 18.1. The van der Waals surface area contributed by atoms with Crippen molar-refractivity contribution in [2.75, 3.05) is 13.1 Å². The molecule has 6 nitrogen and oxygen atoms in total. The number of benzene rings is 1. The minimum absolute atomic E-state index is 0.0673. The van der Waals surface area contributed by atoms with Gasteiger partial charge in [0.25, 0.3) is 5.91 Å². The highest BCUT2D eigenvalue weighted by molar-refractivity contribution is 5.93. The van der Waals surface area contributed by atoms with E-state index in [2.05, 4.69) is 17.1 Å². The average molecular weight is 345 g/mol. The van der Waals surface area contributed by atoms with Gasteiger partial charge in [0.15, 0.2) is 0 Å². The molecule has 2 aromatic heterocycles. The fourth-order valence-corrected chi connectivity index (χ4v) is 3.60. The summed E-state index contributed by atoms with van der Waals surface area (Å²) in [6.07, 6.45) is 3.06. The minimum atomic E-state index is -0.0673. The third-order valence-corrected chi connectivity index (χ3v) is 4.86. The van der Waals surface area contributed by atoms with Crippen LogP contribution in [0.25, 0.3) is 11.3 Å². The molecule has 6 heteroatoms. The number of nitrogens with one attached hydrogen (secondary N) is 1. The van der Waals surface area contributed by atoms with E-state index in [0.717, 1.165) is 29.8 Å². The quantitative estimate of drug-likeness (QED) is 0.775. The number of rotatable bonds is 2. The van der Waals surface area contributed by atoms with E-state index in [1.54, 1.807) is 12.3 Å². The Bertz CT molecular complexity index is 993. The Balaban J connectivity index is 1.59. The largest absolute Gasteiger partial charge is 0.356 e. The minimum Gasteiger partial charge on any atom is -0.356 e. The van der Waals surface area contributed by atoms with E-state index in [9.17, 15) is 4.79 Å². The van der Waals surface area contributed by atoms with Crippen molar-refractivity contribution in [1.82, 2.24) is 19.7 Å². The van der Waals surface area contributed by atoms with E-state index in [0.29, 0.717) is 24.3 Å². The van der Waals surface area contributed by atoms with Gasteiger partial charge in [-0.15, -0.1) is 0 Å². The van der Waals surface area contributed by atoms with Gasteiger partial charge in [0.1, 0.15) is 11.8 Å². The van der Waals surface area contributed by atoms with Gasteiger partial charge in [0.2, 0.25) is 0 Å². The summed E-state index contributed by atoms with van der Waals surface area (Å²) in [5.74, 6) is -0.0673. The van der Waals surface area contributed by atoms with E-state index in [1.807, 2.05) is 40.9 Å². The molecule has 1 aliphatic heterocycles. The summed E-state index contributed by atoms with van der Waals surface area (Å²) in [5.41, 5.74) is 5.49. The highest BCUT2D eigenvalue weighted by Gasteiger charge is 2.25. The van der Waals surface area contributed by atoms with Crippen molar-refractivity contribution in [2.45, 2.75) is 12.8 Å². The number of aromatic nitrogens is 3. The van der Waals surface area contributed by atoms with Crippen LogP contribution in [-0.4, -0.2) is 38.7 Å². The lowest BCUT2D eigenvalue weighted by molar-refractivity contribution is 0.0757. The Labute approximate surface area is 151 Å². The Hall–Kier alpha value is -3.33. The molecule has 0 saturated heterocycles. The van der Waals surface area contributed by atoms with Crippen LogP contribution in [0.1, 0.15) is 27.3 Å². The van der Waals surface area contributed by atoms with Gasteiger partial charge >= 0.3 is 0 Å². The Kier molecular flexibility index (Phi) is 4.05. The Morgan fingerprint density at radius 1 is 1.23 bits per heavy atom. The van der Waals surface area contributed by atoms with Crippen LogP contribution in [0.4, 0.5) is 0 Å². The molecule has 1 aromatic carbocycles. The van der Waals surface area contributed by atoms with Crippen molar-refractivity contribution in [2.24, 2.45) is 7.05 Å². The number of carbonyl (C=O) groups is 1. The van der Waals surface area contributed by atoms with E-state index in [4.69, 9.17) is 10.4 Å². The lowest BCUT2D eigenvalue weighted by Gasteiger charge is -2.19. The predicted molar refractivity (Wildman–Crippen MR) is 97.5 cm³/mol. The first-order chi connectivity index (χ1) is 12.7. The van der Waals surface area contributed by atoms with Crippen LogP contribution in [0.15, 0.2) is 42.6 Å². The molecule has 3 aromatic rings. The number of amides is 1. The van der Waals surface area contributed by atoms with E-state index in [1.165, 1.54) is 5.56 Å². The first kappa shape index (κ1) is 16.2. The number of nitrogens with zero attached hydrogens (tertiary/aromatic N) is 4. The third-order valence-electron chi connectivity index (χ3n) is 4.86. The highest BCUT2D eigenvalue weighted by Crippen LogP contribution is 2.28. The zero-order valence-electron chi connectivity index (χ0n) is 14.6. The number of nitriles is 1. The van der Waals surface area contributed by atoms with Crippen molar-refractivity contribution < 1.29 is 4.79 Å². The van der Waals surface area contributed by atoms with Crippen molar-refractivity contribution in [3.63, 3.8) is 0 Å². The van der Waals surface area contributed by atoms with Crippen molar-refractivity contribution in [3.8, 4) is 17.3 Å². The maximum atomic E-state index is 12.7. The lowest BCUT2D eigenvalue weighted by atomic mass is 10.0. The van der Waals surface area contributed by atoms with Crippen LogP contribution in [0.3, 0.4) is 0 Å². The smallest absolute Gasteiger partial charge is 0.270 e. The summed E-state index contributed by atoms with van der Waals surface area (Å²) in [7, 11) is 1.97. The van der Waals surface area contributed by atoms with Gasteiger partial charge in [0, 0.05) is 43.9 Å². The second-order valence-corrected chi connectivity index (χ2v) is 6.47. The molecule has 0 radical (unpaired) electrons. The van der Waals surface area contributed by atoms with Gasteiger partial charge in [-0.2, -0.15) is 10.4 Å². The molecule has 0 fully saturated rings. The van der Waals surface area contributed by atoms with Gasteiger partial charge in [-0.3, -0.25) is 9.48 Å². The monoisotopic (exact) mass is 345 g/mol. The summed E-state index contributed by atoms with van der Waals surface area (Å²) in [6.45, 7) is 1.26. The molecule has 130 valence electrons. The number of aryl methyl sites for hydroxylation is 1. The van der Waals surface area contributed by atoms with Gasteiger partial charge in [0.05, 0.1) is 17.0 Å². The molecule has 26 heavy (non-hydrogen) atoms. The predicted octanol–water partition coefficient (Wildman–Crippen LogP) is 2.53. The molecule has 1 aliphatic rings. The molecule has 1 amide bonds. The van der Waals surface area contributed by atoms with E-state index < -0.39 is 0 Å². The molecule has 0 bridgehead atoms. The van der Waals surface area contributed by atoms with Crippen LogP contribution in [0, 0.1) is 11.3 Å². The first-order valence-electron chi connectivity index (χ1n) is 8.65. The standard InChI is InChI=1S/C20H19N5O/c1-24-19(15-5-3-2-4-6-15)16-7-9-25(10-8-17(16)23-24)20(26)18-11-14(12-21)13-22-18/h2-6,11,13,22H,7-10H2,1H3. The van der Waals surface area contributed by atoms with Crippen molar-refractivity contribution >= 4 is 5.91 Å². The topological polar surface area (TPSA) is 77.7 Å². The number of aromatic amines is 1. The summed E-state index contributed by atoms with van der Waals surface area (Å²) in [5, 5.41) is 13.6. The Morgan fingerprint density at radius 2 is 2.00 bits per heavy atom. The molecule has 0 unspecified atom stereocenters. The van der Waals surface area contributed by atoms with Crippen LogP contribution < -0.4 is 0 Å². The number of hydrogen-bond acceptors (Lipinski definition) is 3. The van der Waals surface area contributed by atoms with Crippen molar-refractivity contribution in [1.29, 1.82) is 5.26 Å². The zero-order valence-corrected chi connectivity index (χ0v) is 14.6. The summed E-state index contributed by atoms with van der Waals surface area (Å²) < 4.78 is 1.95. The Morgan fingerprint density at radius 3 is 2.73 bits per heavy atom. The maximum Gasteiger partial charge on any atom is 0.270 e. The number of hydrogen-bond donors (Lipinski definition) is 1. The third kappa shape index (κ3) is 2.78. The molecular formula is C20H19N5O. The average Bonchev–Trinajstić information content (AvgIpc) is 3.21.